The van der Waals surface area contributed by atoms with E-state index in [0.717, 1.165) is 59.6 Å². The molecule has 38 heavy (non-hydrogen) atoms. The fraction of sp³-hybridized carbons (Fsp3) is 0.379. The number of carbonyl (C=O) groups is 1. The number of hydrogen-bond donors (Lipinski definition) is 3. The molecule has 1 amide bonds. The van der Waals surface area contributed by atoms with Crippen molar-refractivity contribution in [1.29, 1.82) is 0 Å². The fourth-order valence-electron chi connectivity index (χ4n) is 5.48. The Morgan fingerprint density at radius 1 is 1.16 bits per heavy atom. The second-order valence-electron chi connectivity index (χ2n) is 10.4. The summed E-state index contributed by atoms with van der Waals surface area (Å²) >= 11 is 0. The number of fused-ring (bicyclic) bond motifs is 2. The predicted molar refractivity (Wildman–Crippen MR) is 147 cm³/mol. The molecule has 4 aromatic heterocycles. The lowest BCUT2D eigenvalue weighted by Gasteiger charge is -2.25. The van der Waals surface area contributed by atoms with Crippen LogP contribution < -0.4 is 16.0 Å². The monoisotopic (exact) mass is 511 g/mol. The molecule has 1 fully saturated rings. The number of carbonyl (C=O) groups excluding carboxylic acids is 1. The van der Waals surface area contributed by atoms with Gasteiger partial charge in [-0.2, -0.15) is 0 Å². The highest BCUT2D eigenvalue weighted by molar-refractivity contribution is 6.06. The Bertz CT molecular complexity index is 1500. The number of anilines is 2. The summed E-state index contributed by atoms with van der Waals surface area (Å²) in [6.07, 6.45) is 7.53. The lowest BCUT2D eigenvalue weighted by Crippen LogP contribution is -2.25. The molecule has 0 radical (unpaired) electrons. The summed E-state index contributed by atoms with van der Waals surface area (Å²) in [4.78, 5) is 27.3. The summed E-state index contributed by atoms with van der Waals surface area (Å²) < 4.78 is 7.57. The van der Waals surface area contributed by atoms with Crippen LogP contribution in [-0.4, -0.2) is 44.7 Å². The fourth-order valence-corrected chi connectivity index (χ4v) is 5.48. The Hall–Kier alpha value is -3.82. The van der Waals surface area contributed by atoms with Crippen LogP contribution >= 0.6 is 0 Å². The maximum Gasteiger partial charge on any atom is 0.254 e. The quantitative estimate of drug-likeness (QED) is 0.337. The van der Waals surface area contributed by atoms with Gasteiger partial charge in [0.15, 0.2) is 0 Å². The Kier molecular flexibility index (Phi) is 6.55. The first-order chi connectivity index (χ1) is 18.5. The third kappa shape index (κ3) is 4.52. The molecule has 1 saturated heterocycles. The van der Waals surface area contributed by atoms with Gasteiger partial charge in [-0.15, -0.1) is 0 Å². The zero-order valence-corrected chi connectivity index (χ0v) is 22.0. The molecule has 0 bridgehead atoms. The minimum atomic E-state index is -0.106. The van der Waals surface area contributed by atoms with Gasteiger partial charge in [-0.1, -0.05) is 19.9 Å². The number of nitrogens with zero attached hydrogens (tertiary/aromatic N) is 4. The molecule has 196 valence electrons. The predicted octanol–water partition coefficient (Wildman–Crippen LogP) is 4.41. The third-order valence-corrected chi connectivity index (χ3v) is 7.47. The SMILES string of the molecule is CC(C)NCc1nc(Nc2cnc(-c3ccnc4c3ccn4C)c3c2C(=O)NC3)ccc1C1CCOCC1. The van der Waals surface area contributed by atoms with Crippen LogP contribution in [0, 0.1) is 0 Å². The van der Waals surface area contributed by atoms with E-state index >= 15 is 0 Å². The Balaban J connectivity index is 1.36. The molecule has 4 aromatic rings. The molecule has 9 heteroatoms. The van der Waals surface area contributed by atoms with Gasteiger partial charge in [0.1, 0.15) is 11.5 Å². The number of nitrogens with one attached hydrogen (secondary N) is 3. The van der Waals surface area contributed by atoms with E-state index in [2.05, 4.69) is 40.8 Å². The van der Waals surface area contributed by atoms with E-state index < -0.39 is 0 Å². The molecule has 9 nitrogen and oxygen atoms in total. The van der Waals surface area contributed by atoms with Crippen molar-refractivity contribution >= 4 is 28.4 Å². The summed E-state index contributed by atoms with van der Waals surface area (Å²) in [6.45, 7) is 6.96. The highest BCUT2D eigenvalue weighted by atomic mass is 16.5. The van der Waals surface area contributed by atoms with Gasteiger partial charge >= 0.3 is 0 Å². The van der Waals surface area contributed by atoms with E-state index in [0.29, 0.717) is 42.1 Å². The van der Waals surface area contributed by atoms with Gasteiger partial charge in [0.05, 0.1) is 28.8 Å². The minimum absolute atomic E-state index is 0.106. The van der Waals surface area contributed by atoms with Gasteiger partial charge in [0.25, 0.3) is 5.91 Å². The van der Waals surface area contributed by atoms with Crippen molar-refractivity contribution in [1.82, 2.24) is 30.2 Å². The zero-order chi connectivity index (χ0) is 26.2. The van der Waals surface area contributed by atoms with Crippen molar-refractivity contribution in [3.8, 4) is 11.3 Å². The van der Waals surface area contributed by atoms with E-state index in [1.807, 2.05) is 36.0 Å². The lowest BCUT2D eigenvalue weighted by molar-refractivity contribution is 0.0850. The molecule has 0 saturated carbocycles. The van der Waals surface area contributed by atoms with Crippen LogP contribution in [0.5, 0.6) is 0 Å². The number of aromatic nitrogens is 4. The largest absolute Gasteiger partial charge is 0.381 e. The topological polar surface area (TPSA) is 106 Å². The highest BCUT2D eigenvalue weighted by Crippen LogP contribution is 2.36. The number of amides is 1. The first kappa shape index (κ1) is 24.5. The molecule has 0 atom stereocenters. The van der Waals surface area contributed by atoms with Gasteiger partial charge in [-0.05, 0) is 42.5 Å². The second kappa shape index (κ2) is 10.2. The van der Waals surface area contributed by atoms with Gasteiger partial charge in [-0.3, -0.25) is 9.78 Å². The molecule has 2 aliphatic rings. The zero-order valence-electron chi connectivity index (χ0n) is 22.0. The Morgan fingerprint density at radius 2 is 2.00 bits per heavy atom. The molecule has 2 aliphatic heterocycles. The average molecular weight is 512 g/mol. The van der Waals surface area contributed by atoms with Crippen LogP contribution in [0.4, 0.5) is 11.5 Å². The van der Waals surface area contributed by atoms with E-state index in [4.69, 9.17) is 14.7 Å². The number of hydrogen-bond acceptors (Lipinski definition) is 7. The molecule has 3 N–H and O–H groups in total. The van der Waals surface area contributed by atoms with Gasteiger partial charge in [-0.25, -0.2) is 9.97 Å². The molecule has 0 unspecified atom stereocenters. The first-order valence-electron chi connectivity index (χ1n) is 13.3. The maximum absolute atomic E-state index is 13.0. The third-order valence-electron chi connectivity index (χ3n) is 7.47. The van der Waals surface area contributed by atoms with E-state index in [-0.39, 0.29) is 5.91 Å². The summed E-state index contributed by atoms with van der Waals surface area (Å²) in [6, 6.07) is 8.54. The molecule has 0 aliphatic carbocycles. The smallest absolute Gasteiger partial charge is 0.254 e. The second-order valence-corrected chi connectivity index (χ2v) is 10.4. The van der Waals surface area contributed by atoms with E-state index in [9.17, 15) is 4.79 Å². The Morgan fingerprint density at radius 3 is 2.82 bits per heavy atom. The number of rotatable bonds is 7. The van der Waals surface area contributed by atoms with E-state index in [1.54, 1.807) is 12.4 Å². The normalized spacial score (nSPS) is 15.7. The van der Waals surface area contributed by atoms with Crippen molar-refractivity contribution in [3.63, 3.8) is 0 Å². The molecule has 0 aromatic carbocycles. The van der Waals surface area contributed by atoms with E-state index in [1.165, 1.54) is 5.56 Å². The standard InChI is InChI=1S/C29H33N7O2/c1-17(2)31-15-23-19(18-8-12-38-13-9-18)4-5-25(34-23)35-24-16-32-27(22-14-33-29(37)26(22)24)20-6-10-30-28-21(20)7-11-36(28)3/h4-7,10-11,16-18,31H,8-9,12-15H2,1-3H3,(H,33,37)(H,34,35). The molecule has 0 spiro atoms. The molecule has 6 rings (SSSR count). The van der Waals surface area contributed by atoms with Crippen LogP contribution in [0.25, 0.3) is 22.3 Å². The summed E-state index contributed by atoms with van der Waals surface area (Å²) in [5, 5.41) is 10.9. The number of ether oxygens (including phenoxy) is 1. The maximum atomic E-state index is 13.0. The van der Waals surface area contributed by atoms with Crippen molar-refractivity contribution in [3.05, 3.63) is 65.2 Å². The van der Waals surface area contributed by atoms with Crippen molar-refractivity contribution in [2.75, 3.05) is 18.5 Å². The van der Waals surface area contributed by atoms with Crippen molar-refractivity contribution < 1.29 is 9.53 Å². The van der Waals surface area contributed by atoms with Crippen LogP contribution in [0.1, 0.15) is 59.8 Å². The van der Waals surface area contributed by atoms with Crippen LogP contribution in [0.3, 0.4) is 0 Å². The van der Waals surface area contributed by atoms with Crippen molar-refractivity contribution in [2.45, 2.75) is 51.7 Å². The van der Waals surface area contributed by atoms with Crippen LogP contribution in [0.15, 0.2) is 42.9 Å². The first-order valence-corrected chi connectivity index (χ1v) is 13.3. The Labute approximate surface area is 222 Å². The molecular formula is C29H33N7O2. The average Bonchev–Trinajstić information content (AvgIpc) is 3.51. The summed E-state index contributed by atoms with van der Waals surface area (Å²) in [5.41, 5.74) is 7.12. The van der Waals surface area contributed by atoms with Gasteiger partial charge in [0, 0.05) is 68.3 Å². The highest BCUT2D eigenvalue weighted by Gasteiger charge is 2.28. The number of pyridine rings is 3. The minimum Gasteiger partial charge on any atom is -0.381 e. The van der Waals surface area contributed by atoms with Crippen LogP contribution in [0.2, 0.25) is 0 Å². The van der Waals surface area contributed by atoms with Crippen LogP contribution in [-0.2, 0) is 24.9 Å². The van der Waals surface area contributed by atoms with Gasteiger partial charge < -0.3 is 25.3 Å². The lowest BCUT2D eigenvalue weighted by atomic mass is 9.90. The van der Waals surface area contributed by atoms with Gasteiger partial charge in [0.2, 0.25) is 0 Å². The summed E-state index contributed by atoms with van der Waals surface area (Å²) in [5.74, 6) is 1.04. The van der Waals surface area contributed by atoms with Crippen molar-refractivity contribution in [2.24, 2.45) is 7.05 Å². The number of aryl methyl sites for hydroxylation is 1. The molecular weight excluding hydrogens is 478 g/mol. The summed E-state index contributed by atoms with van der Waals surface area (Å²) in [7, 11) is 1.97. The molecule has 6 heterocycles.